The minimum absolute atomic E-state index is 0.111. The molecule has 1 N–H and O–H groups in total. The van der Waals surface area contributed by atoms with Crippen LogP contribution >= 0.6 is 11.6 Å². The number of halogens is 1. The van der Waals surface area contributed by atoms with Crippen LogP contribution in [0.5, 0.6) is 0 Å². The molecule has 1 aromatic rings. The Morgan fingerprint density at radius 1 is 1.39 bits per heavy atom. The first-order valence-electron chi connectivity index (χ1n) is 5.98. The highest BCUT2D eigenvalue weighted by molar-refractivity contribution is 7.89. The highest BCUT2D eigenvalue weighted by Gasteiger charge is 2.18. The number of hydrogen-bond donors (Lipinski definition) is 1. The van der Waals surface area contributed by atoms with Gasteiger partial charge in [-0.2, -0.15) is 0 Å². The van der Waals surface area contributed by atoms with Gasteiger partial charge in [0.05, 0.1) is 5.75 Å². The lowest BCUT2D eigenvalue weighted by atomic mass is 10.1. The van der Waals surface area contributed by atoms with E-state index in [1.165, 1.54) is 0 Å². The predicted octanol–water partition coefficient (Wildman–Crippen LogP) is 2.90. The third-order valence-electron chi connectivity index (χ3n) is 2.70. The molecular weight excluding hydrogens is 274 g/mol. The third kappa shape index (κ3) is 4.63. The van der Waals surface area contributed by atoms with Gasteiger partial charge in [0.25, 0.3) is 0 Å². The topological polar surface area (TPSA) is 59.3 Å². The lowest BCUT2D eigenvalue weighted by Gasteiger charge is -2.13. The van der Waals surface area contributed by atoms with Crippen LogP contribution in [-0.2, 0) is 10.0 Å². The predicted molar refractivity (Wildman–Crippen MR) is 73.5 cm³/mol. The average molecular weight is 294 g/mol. The molecule has 0 bridgehead atoms. The van der Waals surface area contributed by atoms with Gasteiger partial charge in [-0.1, -0.05) is 0 Å². The van der Waals surface area contributed by atoms with E-state index in [0.29, 0.717) is 18.7 Å². The van der Waals surface area contributed by atoms with Crippen LogP contribution in [0.4, 0.5) is 0 Å². The standard InChI is InChI=1S/C12H20ClNO3S/c1-9-8-12(11(3)17-9)10(2)14-18(15,16)7-5-4-6-13/h8,10,14H,4-7H2,1-3H3. The molecule has 0 aliphatic rings. The summed E-state index contributed by atoms with van der Waals surface area (Å²) in [5, 5.41) is 0. The van der Waals surface area contributed by atoms with E-state index >= 15 is 0 Å². The van der Waals surface area contributed by atoms with Crippen LogP contribution in [0.25, 0.3) is 0 Å². The first kappa shape index (κ1) is 15.5. The Bertz CT molecular complexity index is 482. The van der Waals surface area contributed by atoms with Gasteiger partial charge in [0, 0.05) is 17.5 Å². The number of hydrogen-bond acceptors (Lipinski definition) is 3. The molecular formula is C12H20ClNO3S. The molecule has 4 nitrogen and oxygen atoms in total. The second-order valence-corrected chi connectivity index (χ2v) is 6.67. The SMILES string of the molecule is Cc1cc(C(C)NS(=O)(=O)CCCCCl)c(C)o1. The van der Waals surface area contributed by atoms with Gasteiger partial charge in [-0.25, -0.2) is 13.1 Å². The number of sulfonamides is 1. The highest BCUT2D eigenvalue weighted by Crippen LogP contribution is 2.21. The molecule has 0 fully saturated rings. The van der Waals surface area contributed by atoms with Crippen molar-refractivity contribution in [2.75, 3.05) is 11.6 Å². The highest BCUT2D eigenvalue weighted by atomic mass is 35.5. The molecule has 1 atom stereocenters. The maximum atomic E-state index is 11.8. The molecule has 104 valence electrons. The molecule has 18 heavy (non-hydrogen) atoms. The normalized spacial score (nSPS) is 13.8. The van der Waals surface area contributed by atoms with Crippen LogP contribution in [0, 0.1) is 13.8 Å². The summed E-state index contributed by atoms with van der Waals surface area (Å²) in [6.07, 6.45) is 1.29. The minimum atomic E-state index is -3.26. The number of alkyl halides is 1. The second kappa shape index (κ2) is 6.59. The largest absolute Gasteiger partial charge is 0.466 e. The number of unbranched alkanes of at least 4 members (excludes halogenated alkanes) is 1. The molecule has 0 saturated carbocycles. The molecule has 0 saturated heterocycles. The molecule has 1 unspecified atom stereocenters. The number of rotatable bonds is 7. The van der Waals surface area contributed by atoms with E-state index in [-0.39, 0.29) is 11.8 Å². The van der Waals surface area contributed by atoms with Crippen molar-refractivity contribution in [3.05, 3.63) is 23.2 Å². The second-order valence-electron chi connectivity index (χ2n) is 4.42. The summed E-state index contributed by atoms with van der Waals surface area (Å²) in [7, 11) is -3.26. The zero-order valence-corrected chi connectivity index (χ0v) is 12.6. The molecule has 1 aromatic heterocycles. The van der Waals surface area contributed by atoms with Crippen LogP contribution in [0.2, 0.25) is 0 Å². The van der Waals surface area contributed by atoms with Crippen LogP contribution in [-0.4, -0.2) is 20.1 Å². The first-order valence-corrected chi connectivity index (χ1v) is 8.17. The molecule has 1 heterocycles. The summed E-state index contributed by atoms with van der Waals surface area (Å²) in [4.78, 5) is 0. The van der Waals surface area contributed by atoms with Crippen LogP contribution in [0.1, 0.15) is 42.9 Å². The van der Waals surface area contributed by atoms with E-state index in [4.69, 9.17) is 16.0 Å². The Kier molecular flexibility index (Phi) is 5.69. The van der Waals surface area contributed by atoms with E-state index in [9.17, 15) is 8.42 Å². The van der Waals surface area contributed by atoms with Gasteiger partial charge < -0.3 is 4.42 Å². The van der Waals surface area contributed by atoms with E-state index < -0.39 is 10.0 Å². The van der Waals surface area contributed by atoms with Gasteiger partial charge in [-0.3, -0.25) is 0 Å². The van der Waals surface area contributed by atoms with Crippen molar-refractivity contribution in [3.63, 3.8) is 0 Å². The van der Waals surface area contributed by atoms with Gasteiger partial charge in [-0.05, 0) is 39.7 Å². The molecule has 0 amide bonds. The Balaban J connectivity index is 2.64. The zero-order chi connectivity index (χ0) is 13.8. The summed E-state index contributed by atoms with van der Waals surface area (Å²) < 4.78 is 31.7. The molecule has 0 spiro atoms. The summed E-state index contributed by atoms with van der Waals surface area (Å²) in [5.41, 5.74) is 0.883. The molecule has 0 aliphatic heterocycles. The van der Waals surface area contributed by atoms with Crippen LogP contribution in [0.15, 0.2) is 10.5 Å². The third-order valence-corrected chi connectivity index (χ3v) is 4.50. The fourth-order valence-corrected chi connectivity index (χ4v) is 3.42. The Morgan fingerprint density at radius 3 is 2.56 bits per heavy atom. The Hall–Kier alpha value is -0.520. The Labute approximate surface area is 114 Å². The molecule has 0 aliphatic carbocycles. The minimum Gasteiger partial charge on any atom is -0.466 e. The fraction of sp³-hybridized carbons (Fsp3) is 0.667. The molecule has 1 rings (SSSR count). The zero-order valence-electron chi connectivity index (χ0n) is 11.0. The van der Waals surface area contributed by atoms with E-state index in [0.717, 1.165) is 17.1 Å². The van der Waals surface area contributed by atoms with Gasteiger partial charge in [0.15, 0.2) is 0 Å². The smallest absolute Gasteiger partial charge is 0.212 e. The lowest BCUT2D eigenvalue weighted by Crippen LogP contribution is -2.29. The van der Waals surface area contributed by atoms with Crippen molar-refractivity contribution in [3.8, 4) is 0 Å². The quantitative estimate of drug-likeness (QED) is 0.621. The lowest BCUT2D eigenvalue weighted by molar-refractivity contribution is 0.496. The first-order chi connectivity index (χ1) is 8.35. The van der Waals surface area contributed by atoms with Crippen molar-refractivity contribution >= 4 is 21.6 Å². The van der Waals surface area contributed by atoms with E-state index in [2.05, 4.69) is 4.72 Å². The van der Waals surface area contributed by atoms with Gasteiger partial charge in [0.1, 0.15) is 11.5 Å². The summed E-state index contributed by atoms with van der Waals surface area (Å²) in [5.74, 6) is 2.14. The maximum absolute atomic E-state index is 11.8. The van der Waals surface area contributed by atoms with Crippen LogP contribution < -0.4 is 4.72 Å². The van der Waals surface area contributed by atoms with Crippen molar-refractivity contribution in [2.45, 2.75) is 39.7 Å². The monoisotopic (exact) mass is 293 g/mol. The summed E-state index contributed by atoms with van der Waals surface area (Å²) in [6.45, 7) is 5.50. The summed E-state index contributed by atoms with van der Waals surface area (Å²) in [6, 6.07) is 1.59. The van der Waals surface area contributed by atoms with Crippen molar-refractivity contribution < 1.29 is 12.8 Å². The van der Waals surface area contributed by atoms with E-state index in [1.54, 1.807) is 0 Å². The fourth-order valence-electron chi connectivity index (χ4n) is 1.86. The van der Waals surface area contributed by atoms with E-state index in [1.807, 2.05) is 26.8 Å². The number of nitrogens with one attached hydrogen (secondary N) is 1. The number of aryl methyl sites for hydroxylation is 2. The van der Waals surface area contributed by atoms with Gasteiger partial charge in [-0.15, -0.1) is 11.6 Å². The molecule has 0 radical (unpaired) electrons. The van der Waals surface area contributed by atoms with Crippen molar-refractivity contribution in [1.82, 2.24) is 4.72 Å². The van der Waals surface area contributed by atoms with Crippen LogP contribution in [0.3, 0.4) is 0 Å². The molecule has 6 heteroatoms. The summed E-state index contributed by atoms with van der Waals surface area (Å²) >= 11 is 5.53. The van der Waals surface area contributed by atoms with Gasteiger partial charge >= 0.3 is 0 Å². The van der Waals surface area contributed by atoms with Crippen molar-refractivity contribution in [1.29, 1.82) is 0 Å². The average Bonchev–Trinajstić information content (AvgIpc) is 2.57. The van der Waals surface area contributed by atoms with Gasteiger partial charge in [0.2, 0.25) is 10.0 Å². The Morgan fingerprint density at radius 2 is 2.06 bits per heavy atom. The van der Waals surface area contributed by atoms with Crippen molar-refractivity contribution in [2.24, 2.45) is 0 Å². The molecule has 0 aromatic carbocycles. The maximum Gasteiger partial charge on any atom is 0.212 e. The number of furan rings is 1.